The van der Waals surface area contributed by atoms with E-state index in [-0.39, 0.29) is 0 Å². The van der Waals surface area contributed by atoms with Gasteiger partial charge in [0.25, 0.3) is 0 Å². The molecule has 0 aliphatic heterocycles. The summed E-state index contributed by atoms with van der Waals surface area (Å²) in [6.07, 6.45) is 4.69. The Kier molecular flexibility index (Phi) is 9.46. The van der Waals surface area contributed by atoms with Crippen LogP contribution in [0.5, 0.6) is 0 Å². The molecule has 330 valence electrons. The summed E-state index contributed by atoms with van der Waals surface area (Å²) >= 11 is 0. The zero-order valence-corrected chi connectivity index (χ0v) is 38.9. The Morgan fingerprint density at radius 1 is 0.286 bits per heavy atom. The first-order valence-corrected chi connectivity index (χ1v) is 25.0. The molecule has 0 bridgehead atoms. The molecular formula is C69H49N. The van der Waals surface area contributed by atoms with E-state index in [9.17, 15) is 0 Å². The fourth-order valence-corrected chi connectivity index (χ4v) is 12.8. The molecule has 1 spiro atoms. The minimum absolute atomic E-state index is 0.472. The van der Waals surface area contributed by atoms with E-state index in [1.165, 1.54) is 129 Å². The molecule has 0 heterocycles. The maximum Gasteiger partial charge on any atom is 0.0726 e. The minimum Gasteiger partial charge on any atom is -0.309 e. The maximum atomic E-state index is 2.59. The average Bonchev–Trinajstić information content (AvgIpc) is 3.91. The number of benzene rings is 11. The van der Waals surface area contributed by atoms with Crippen molar-refractivity contribution in [3.8, 4) is 66.8 Å². The highest BCUT2D eigenvalue weighted by Gasteiger charge is 2.51. The van der Waals surface area contributed by atoms with Crippen molar-refractivity contribution >= 4 is 27.8 Å². The lowest BCUT2D eigenvalue weighted by atomic mass is 9.70. The predicted octanol–water partition coefficient (Wildman–Crippen LogP) is 18.2. The van der Waals surface area contributed by atoms with Gasteiger partial charge >= 0.3 is 0 Å². The van der Waals surface area contributed by atoms with Gasteiger partial charge in [-0.2, -0.15) is 0 Å². The Hall–Kier alpha value is -8.52. The molecule has 14 rings (SSSR count). The second kappa shape index (κ2) is 16.3. The van der Waals surface area contributed by atoms with E-state index in [1.807, 2.05) is 0 Å². The predicted molar refractivity (Wildman–Crippen MR) is 293 cm³/mol. The Bertz CT molecular complexity index is 3790. The lowest BCUT2D eigenvalue weighted by Gasteiger charge is -2.34. The topological polar surface area (TPSA) is 3.24 Å². The van der Waals surface area contributed by atoms with Gasteiger partial charge in [-0.25, -0.2) is 0 Å². The number of nitrogens with zero attached hydrogens (tertiary/aromatic N) is 1. The summed E-state index contributed by atoms with van der Waals surface area (Å²) in [5.41, 5.74) is 26.4. The van der Waals surface area contributed by atoms with Gasteiger partial charge in [0.1, 0.15) is 0 Å². The van der Waals surface area contributed by atoms with Crippen molar-refractivity contribution in [1.29, 1.82) is 0 Å². The summed E-state index contributed by atoms with van der Waals surface area (Å²) in [6.45, 7) is 0. The standard InChI is InChI=1S/C69H49N/c1-2-21-46(22-3-1)49-26-6-7-27-51(49)55-43-44-56(54-29-9-8-28-53(54)55)62-34-14-19-40-68(62)70(67-39-18-13-33-61(67)52-35-20-24-47-23-4-5-25-50(47)52)48-41-42-60-59-32-12-17-38-65(59)69(66(60)45-48)63-36-15-10-30-57(63)58-31-11-16-37-64(58)69/h1-3,6-22,24,26-45H,4-5,23,25H2. The SMILES string of the molecule is c1ccc(-c2ccccc2-c2ccc(-c3ccccc3N(c3ccc4c(c3)C3(c5ccccc5-c5ccccc53)c3ccccc3-4)c3ccccc3-c3cccc4c3CCCC4)c3ccccc23)cc1. The quantitative estimate of drug-likeness (QED) is 0.154. The first kappa shape index (κ1) is 40.5. The Balaban J connectivity index is 1.03. The molecule has 0 saturated carbocycles. The molecule has 0 fully saturated rings. The molecule has 11 aromatic carbocycles. The van der Waals surface area contributed by atoms with Gasteiger partial charge in [0.2, 0.25) is 0 Å². The third-order valence-corrected chi connectivity index (χ3v) is 15.7. The maximum absolute atomic E-state index is 2.59. The van der Waals surface area contributed by atoms with E-state index in [1.54, 1.807) is 0 Å². The summed E-state index contributed by atoms with van der Waals surface area (Å²) in [5, 5.41) is 2.46. The molecular weight excluding hydrogens is 843 g/mol. The van der Waals surface area contributed by atoms with Crippen LogP contribution < -0.4 is 4.90 Å². The normalized spacial score (nSPS) is 13.6. The second-order valence-corrected chi connectivity index (χ2v) is 19.3. The summed E-state index contributed by atoms with van der Waals surface area (Å²) in [7, 11) is 0. The van der Waals surface area contributed by atoms with Crippen LogP contribution >= 0.6 is 0 Å². The molecule has 0 amide bonds. The van der Waals surface area contributed by atoms with Crippen LogP contribution in [0.4, 0.5) is 17.1 Å². The lowest BCUT2D eigenvalue weighted by Crippen LogP contribution is -2.26. The molecule has 0 aromatic heterocycles. The van der Waals surface area contributed by atoms with Gasteiger partial charge in [0, 0.05) is 16.8 Å². The minimum atomic E-state index is -0.472. The molecule has 0 saturated heterocycles. The summed E-state index contributed by atoms with van der Waals surface area (Å²) in [6, 6.07) is 93.4. The highest BCUT2D eigenvalue weighted by atomic mass is 15.1. The van der Waals surface area contributed by atoms with Gasteiger partial charge < -0.3 is 4.90 Å². The summed E-state index contributed by atoms with van der Waals surface area (Å²) < 4.78 is 0. The van der Waals surface area contributed by atoms with Crippen molar-refractivity contribution in [2.45, 2.75) is 31.1 Å². The Labute approximate surface area is 410 Å². The molecule has 0 atom stereocenters. The van der Waals surface area contributed by atoms with E-state index >= 15 is 0 Å². The van der Waals surface area contributed by atoms with E-state index in [0.29, 0.717) is 0 Å². The zero-order chi connectivity index (χ0) is 46.2. The van der Waals surface area contributed by atoms with Crippen LogP contribution in [0.1, 0.15) is 46.2 Å². The van der Waals surface area contributed by atoms with Crippen molar-refractivity contribution in [2.75, 3.05) is 4.90 Å². The molecule has 0 unspecified atom stereocenters. The number of para-hydroxylation sites is 2. The van der Waals surface area contributed by atoms with Gasteiger partial charge in [0.15, 0.2) is 0 Å². The van der Waals surface area contributed by atoms with Crippen molar-refractivity contribution in [2.24, 2.45) is 0 Å². The summed E-state index contributed by atoms with van der Waals surface area (Å²) in [4.78, 5) is 2.59. The number of hydrogen-bond acceptors (Lipinski definition) is 1. The van der Waals surface area contributed by atoms with E-state index in [4.69, 9.17) is 0 Å². The van der Waals surface area contributed by atoms with Crippen molar-refractivity contribution in [3.05, 3.63) is 282 Å². The van der Waals surface area contributed by atoms with E-state index in [0.717, 1.165) is 24.2 Å². The van der Waals surface area contributed by atoms with Gasteiger partial charge in [0.05, 0.1) is 16.8 Å². The molecule has 0 N–H and O–H groups in total. The highest BCUT2D eigenvalue weighted by molar-refractivity contribution is 6.09. The van der Waals surface area contributed by atoms with Gasteiger partial charge in [-0.1, -0.05) is 224 Å². The number of hydrogen-bond donors (Lipinski definition) is 0. The van der Waals surface area contributed by atoms with E-state index < -0.39 is 5.41 Å². The fourth-order valence-electron chi connectivity index (χ4n) is 12.8. The molecule has 3 aliphatic rings. The third-order valence-electron chi connectivity index (χ3n) is 15.7. The Morgan fingerprint density at radius 2 is 0.729 bits per heavy atom. The molecule has 11 aromatic rings. The fraction of sp³-hybridized carbons (Fsp3) is 0.0725. The van der Waals surface area contributed by atoms with Crippen LogP contribution in [-0.4, -0.2) is 0 Å². The summed E-state index contributed by atoms with van der Waals surface area (Å²) in [5.74, 6) is 0. The third kappa shape index (κ3) is 6.04. The largest absolute Gasteiger partial charge is 0.309 e. The molecule has 1 heteroatoms. The number of anilines is 3. The van der Waals surface area contributed by atoms with Crippen LogP contribution in [0.15, 0.2) is 249 Å². The van der Waals surface area contributed by atoms with Gasteiger partial charge in [-0.15, -0.1) is 0 Å². The van der Waals surface area contributed by atoms with Crippen molar-refractivity contribution < 1.29 is 0 Å². The van der Waals surface area contributed by atoms with Crippen LogP contribution in [0.3, 0.4) is 0 Å². The van der Waals surface area contributed by atoms with Crippen molar-refractivity contribution in [1.82, 2.24) is 0 Å². The highest BCUT2D eigenvalue weighted by Crippen LogP contribution is 2.63. The first-order chi connectivity index (χ1) is 34.8. The van der Waals surface area contributed by atoms with Crippen LogP contribution in [0, 0.1) is 0 Å². The Morgan fingerprint density at radius 3 is 1.36 bits per heavy atom. The zero-order valence-electron chi connectivity index (χ0n) is 38.9. The monoisotopic (exact) mass is 891 g/mol. The van der Waals surface area contributed by atoms with Gasteiger partial charge in [-0.3, -0.25) is 0 Å². The van der Waals surface area contributed by atoms with Crippen LogP contribution in [0.25, 0.3) is 77.5 Å². The number of rotatable bonds is 7. The van der Waals surface area contributed by atoms with Crippen LogP contribution in [-0.2, 0) is 18.3 Å². The van der Waals surface area contributed by atoms with Gasteiger partial charge in [-0.05, 0) is 150 Å². The average molecular weight is 892 g/mol. The molecule has 3 aliphatic carbocycles. The second-order valence-electron chi connectivity index (χ2n) is 19.3. The number of fused-ring (bicyclic) bond motifs is 12. The smallest absolute Gasteiger partial charge is 0.0726 e. The number of aryl methyl sites for hydroxylation is 1. The molecule has 70 heavy (non-hydrogen) atoms. The van der Waals surface area contributed by atoms with E-state index in [2.05, 4.69) is 254 Å². The van der Waals surface area contributed by atoms with Crippen LogP contribution in [0.2, 0.25) is 0 Å². The van der Waals surface area contributed by atoms with Crippen molar-refractivity contribution in [3.63, 3.8) is 0 Å². The molecule has 0 radical (unpaired) electrons. The first-order valence-electron chi connectivity index (χ1n) is 25.0. The molecule has 1 nitrogen and oxygen atoms in total. The lowest BCUT2D eigenvalue weighted by molar-refractivity contribution is 0.687.